The van der Waals surface area contributed by atoms with E-state index in [1.807, 2.05) is 0 Å². The van der Waals surface area contributed by atoms with Crippen molar-refractivity contribution in [1.29, 1.82) is 0 Å². The lowest BCUT2D eigenvalue weighted by Crippen LogP contribution is -2.22. The fourth-order valence-electron chi connectivity index (χ4n) is 2.67. The number of amides is 2. The zero-order valence-corrected chi connectivity index (χ0v) is 14.9. The molecule has 0 spiro atoms. The van der Waals surface area contributed by atoms with Gasteiger partial charge in [0.25, 0.3) is 11.8 Å². The van der Waals surface area contributed by atoms with Crippen molar-refractivity contribution in [3.05, 3.63) is 59.7 Å². The van der Waals surface area contributed by atoms with Crippen LogP contribution in [0.2, 0.25) is 0 Å². The highest BCUT2D eigenvalue weighted by molar-refractivity contribution is 7.89. The zero-order chi connectivity index (χ0) is 19.8. The average Bonchev–Trinajstić information content (AvgIpc) is 2.88. The van der Waals surface area contributed by atoms with Gasteiger partial charge in [-0.05, 0) is 35.4 Å². The molecule has 1 aliphatic heterocycles. The van der Waals surface area contributed by atoms with Crippen molar-refractivity contribution in [2.24, 2.45) is 5.14 Å². The average molecular weight is 386 g/mol. The molecular weight excluding hydrogens is 372 g/mol. The van der Waals surface area contributed by atoms with Crippen molar-refractivity contribution in [2.75, 3.05) is 0 Å². The summed E-state index contributed by atoms with van der Waals surface area (Å²) in [5.41, 5.74) is 1.06. The van der Waals surface area contributed by atoms with Crippen LogP contribution in [0, 0.1) is 0 Å². The Hall–Kier alpha value is -3.30. The first-order chi connectivity index (χ1) is 12.7. The quantitative estimate of drug-likeness (QED) is 0.454. The van der Waals surface area contributed by atoms with Crippen molar-refractivity contribution in [1.82, 2.24) is 5.32 Å². The van der Waals surface area contributed by atoms with E-state index in [0.29, 0.717) is 16.9 Å². The van der Waals surface area contributed by atoms with Crippen molar-refractivity contribution in [3.8, 4) is 5.75 Å². The summed E-state index contributed by atoms with van der Waals surface area (Å²) >= 11 is 0. The number of ether oxygens (including phenoxy) is 1. The number of benzene rings is 2. The fourth-order valence-corrected chi connectivity index (χ4v) is 3.19. The topological polar surface area (TPSA) is 133 Å². The molecule has 27 heavy (non-hydrogen) atoms. The van der Waals surface area contributed by atoms with Crippen molar-refractivity contribution in [3.63, 3.8) is 0 Å². The number of imide groups is 1. The molecule has 0 fully saturated rings. The van der Waals surface area contributed by atoms with Crippen LogP contribution in [-0.2, 0) is 24.4 Å². The molecule has 1 heterocycles. The molecule has 0 saturated carbocycles. The SMILES string of the molecule is CC(=O)Oc1ccc(C2=C(c3ccc(S(N)(=O)=O)cc3)C(=O)NC2=O)cc1. The van der Waals surface area contributed by atoms with Crippen LogP contribution in [0.1, 0.15) is 18.1 Å². The summed E-state index contributed by atoms with van der Waals surface area (Å²) in [5, 5.41) is 7.29. The first-order valence-electron chi connectivity index (χ1n) is 7.69. The van der Waals surface area contributed by atoms with Crippen LogP contribution < -0.4 is 15.2 Å². The van der Waals surface area contributed by atoms with Gasteiger partial charge in [0.05, 0.1) is 16.0 Å². The lowest BCUT2D eigenvalue weighted by atomic mass is 9.96. The highest BCUT2D eigenvalue weighted by Gasteiger charge is 2.32. The normalized spacial score (nSPS) is 14.3. The predicted octanol–water partition coefficient (Wildman–Crippen LogP) is 0.827. The van der Waals surface area contributed by atoms with E-state index in [9.17, 15) is 22.8 Å². The number of rotatable bonds is 4. The molecule has 2 aromatic rings. The number of hydrogen-bond donors (Lipinski definition) is 2. The number of esters is 1. The molecule has 3 rings (SSSR count). The standard InChI is InChI=1S/C18H14N2O6S/c1-10(21)26-13-6-2-11(3-7-13)15-16(18(23)20-17(15)22)12-4-8-14(9-5-12)27(19,24)25/h2-9H,1H3,(H2,19,24,25)(H,20,22,23). The summed E-state index contributed by atoms with van der Waals surface area (Å²) in [6.07, 6.45) is 0. The van der Waals surface area contributed by atoms with E-state index in [0.717, 1.165) is 0 Å². The van der Waals surface area contributed by atoms with E-state index >= 15 is 0 Å². The van der Waals surface area contributed by atoms with E-state index in [2.05, 4.69) is 5.32 Å². The monoisotopic (exact) mass is 386 g/mol. The molecular formula is C18H14N2O6S. The van der Waals surface area contributed by atoms with Gasteiger partial charge in [0.2, 0.25) is 10.0 Å². The molecule has 2 amide bonds. The molecule has 0 unspecified atom stereocenters. The van der Waals surface area contributed by atoms with Crippen LogP contribution in [0.3, 0.4) is 0 Å². The Bertz CT molecular complexity index is 1080. The van der Waals surface area contributed by atoms with Gasteiger partial charge in [-0.25, -0.2) is 13.6 Å². The van der Waals surface area contributed by atoms with E-state index in [1.165, 1.54) is 43.3 Å². The summed E-state index contributed by atoms with van der Waals surface area (Å²) in [6, 6.07) is 11.4. The lowest BCUT2D eigenvalue weighted by molar-refractivity contribution is -0.132. The first-order valence-corrected chi connectivity index (χ1v) is 9.23. The Labute approximate surface area is 154 Å². The van der Waals surface area contributed by atoms with Gasteiger partial charge in [0, 0.05) is 6.92 Å². The van der Waals surface area contributed by atoms with Crippen molar-refractivity contribution in [2.45, 2.75) is 11.8 Å². The third kappa shape index (κ3) is 3.78. The van der Waals surface area contributed by atoms with Gasteiger partial charge in [-0.15, -0.1) is 0 Å². The largest absolute Gasteiger partial charge is 0.427 e. The number of carbonyl (C=O) groups is 3. The molecule has 0 aliphatic carbocycles. The van der Waals surface area contributed by atoms with Gasteiger partial charge < -0.3 is 4.74 Å². The van der Waals surface area contributed by atoms with E-state index in [4.69, 9.17) is 9.88 Å². The summed E-state index contributed by atoms with van der Waals surface area (Å²) in [5.74, 6) is -1.35. The Morgan fingerprint density at radius 3 is 1.74 bits per heavy atom. The molecule has 0 radical (unpaired) electrons. The molecule has 0 atom stereocenters. The van der Waals surface area contributed by atoms with Crippen LogP contribution in [0.15, 0.2) is 53.4 Å². The third-order valence-corrected chi connectivity index (χ3v) is 4.74. The summed E-state index contributed by atoms with van der Waals surface area (Å²) < 4.78 is 27.7. The Kier molecular flexibility index (Phi) is 4.64. The van der Waals surface area contributed by atoms with E-state index in [1.54, 1.807) is 12.1 Å². The number of nitrogens with two attached hydrogens (primary N) is 1. The van der Waals surface area contributed by atoms with Gasteiger partial charge in [-0.3, -0.25) is 19.7 Å². The van der Waals surface area contributed by atoms with Gasteiger partial charge in [-0.2, -0.15) is 0 Å². The van der Waals surface area contributed by atoms with Crippen LogP contribution in [0.4, 0.5) is 0 Å². The summed E-state index contributed by atoms with van der Waals surface area (Å²) in [7, 11) is -3.87. The molecule has 2 aromatic carbocycles. The second-order valence-electron chi connectivity index (χ2n) is 5.72. The molecule has 8 nitrogen and oxygen atoms in total. The summed E-state index contributed by atoms with van der Waals surface area (Å²) in [6.45, 7) is 1.27. The Morgan fingerprint density at radius 2 is 1.33 bits per heavy atom. The smallest absolute Gasteiger partial charge is 0.308 e. The van der Waals surface area contributed by atoms with Gasteiger partial charge in [0.1, 0.15) is 5.75 Å². The maximum absolute atomic E-state index is 12.3. The highest BCUT2D eigenvalue weighted by Crippen LogP contribution is 2.32. The van der Waals surface area contributed by atoms with E-state index < -0.39 is 27.8 Å². The minimum Gasteiger partial charge on any atom is -0.427 e. The van der Waals surface area contributed by atoms with E-state index in [-0.39, 0.29) is 16.0 Å². The van der Waals surface area contributed by atoms with Crippen LogP contribution >= 0.6 is 0 Å². The van der Waals surface area contributed by atoms with Crippen LogP contribution in [0.25, 0.3) is 11.1 Å². The maximum atomic E-state index is 12.3. The zero-order valence-electron chi connectivity index (χ0n) is 14.1. The van der Waals surface area contributed by atoms with Crippen molar-refractivity contribution >= 4 is 39.0 Å². The highest BCUT2D eigenvalue weighted by atomic mass is 32.2. The number of primary sulfonamides is 1. The number of nitrogens with one attached hydrogen (secondary N) is 1. The van der Waals surface area contributed by atoms with Gasteiger partial charge in [0.15, 0.2) is 0 Å². The molecule has 9 heteroatoms. The molecule has 0 bridgehead atoms. The number of sulfonamides is 1. The van der Waals surface area contributed by atoms with Gasteiger partial charge >= 0.3 is 5.97 Å². The minimum atomic E-state index is -3.87. The van der Waals surface area contributed by atoms with Gasteiger partial charge in [-0.1, -0.05) is 24.3 Å². The number of hydrogen-bond acceptors (Lipinski definition) is 6. The molecule has 138 valence electrons. The van der Waals surface area contributed by atoms with Crippen LogP contribution in [-0.4, -0.2) is 26.2 Å². The molecule has 0 saturated heterocycles. The Balaban J connectivity index is 2.07. The second kappa shape index (κ2) is 6.78. The molecule has 3 N–H and O–H groups in total. The first kappa shape index (κ1) is 18.5. The lowest BCUT2D eigenvalue weighted by Gasteiger charge is -2.07. The summed E-state index contributed by atoms with van der Waals surface area (Å²) in [4.78, 5) is 35.4. The second-order valence-corrected chi connectivity index (χ2v) is 7.28. The predicted molar refractivity (Wildman–Crippen MR) is 95.5 cm³/mol. The molecule has 1 aliphatic rings. The Morgan fingerprint density at radius 1 is 0.889 bits per heavy atom. The maximum Gasteiger partial charge on any atom is 0.308 e. The van der Waals surface area contributed by atoms with Crippen LogP contribution in [0.5, 0.6) is 5.75 Å². The van der Waals surface area contributed by atoms with Crippen molar-refractivity contribution < 1.29 is 27.5 Å². The third-order valence-electron chi connectivity index (χ3n) is 3.81. The minimum absolute atomic E-state index is 0.108. The number of carbonyl (C=O) groups excluding carboxylic acids is 3. The fraction of sp³-hybridized carbons (Fsp3) is 0.0556. The molecule has 0 aromatic heterocycles.